The Balaban J connectivity index is 1.72. The summed E-state index contributed by atoms with van der Waals surface area (Å²) in [6, 6.07) is 14.5. The molecule has 0 aliphatic rings. The minimum absolute atomic E-state index is 0.0346. The molecule has 1 heterocycles. The summed E-state index contributed by atoms with van der Waals surface area (Å²) >= 11 is 6.03. The van der Waals surface area contributed by atoms with E-state index in [0.29, 0.717) is 5.69 Å². The van der Waals surface area contributed by atoms with Gasteiger partial charge in [0.05, 0.1) is 21.2 Å². The van der Waals surface area contributed by atoms with E-state index in [1.165, 1.54) is 32.3 Å². The number of H-pyrrole nitrogens is 1. The van der Waals surface area contributed by atoms with Crippen LogP contribution in [0.4, 0.5) is 0 Å². The lowest BCUT2D eigenvalue weighted by atomic mass is 10.1. The topological polar surface area (TPSA) is 124 Å². The Morgan fingerprint density at radius 3 is 2.33 bits per heavy atom. The van der Waals surface area contributed by atoms with Crippen LogP contribution in [0.3, 0.4) is 0 Å². The first-order valence-corrected chi connectivity index (χ1v) is 10.5. The van der Waals surface area contributed by atoms with Crippen molar-refractivity contribution in [2.24, 2.45) is 0 Å². The summed E-state index contributed by atoms with van der Waals surface area (Å²) < 4.78 is 25.5. The molecule has 0 fully saturated rings. The summed E-state index contributed by atoms with van der Waals surface area (Å²) in [6.45, 7) is 0. The van der Waals surface area contributed by atoms with Gasteiger partial charge in [-0.15, -0.1) is 0 Å². The number of sulfonamides is 1. The fourth-order valence-electron chi connectivity index (χ4n) is 2.49. The number of hydrazine groups is 1. The number of amides is 2. The van der Waals surface area contributed by atoms with Gasteiger partial charge in [-0.25, -0.2) is 12.7 Å². The molecular formula is C19H18ClN5O4S. The number of nitrogens with zero attached hydrogens (tertiary/aromatic N) is 2. The van der Waals surface area contributed by atoms with Gasteiger partial charge in [0.25, 0.3) is 11.8 Å². The second kappa shape index (κ2) is 8.66. The summed E-state index contributed by atoms with van der Waals surface area (Å²) in [6.07, 6.45) is 0. The van der Waals surface area contributed by atoms with Crippen molar-refractivity contribution in [3.05, 3.63) is 70.9 Å². The lowest BCUT2D eigenvalue weighted by Crippen LogP contribution is -2.42. The Morgan fingerprint density at radius 2 is 1.67 bits per heavy atom. The zero-order chi connectivity index (χ0) is 21.9. The maximum absolute atomic E-state index is 12.4. The first kappa shape index (κ1) is 21.5. The van der Waals surface area contributed by atoms with E-state index in [1.54, 1.807) is 0 Å². The number of hydrogen-bond donors (Lipinski definition) is 3. The molecule has 2 amide bonds. The fraction of sp³-hybridized carbons (Fsp3) is 0.105. The number of halogens is 1. The van der Waals surface area contributed by atoms with Gasteiger partial charge in [-0.05, 0) is 24.3 Å². The zero-order valence-corrected chi connectivity index (χ0v) is 17.6. The number of nitrogens with one attached hydrogen (secondary N) is 3. The van der Waals surface area contributed by atoms with Crippen LogP contribution in [0.2, 0.25) is 5.02 Å². The standard InChI is InChI=1S/C19H18ClN5O4S/c1-25(2)30(28,29)13-8-9-15(20)14(10-13)18(26)23-24-19(27)17-11-16(21-22-17)12-6-4-3-5-7-12/h3-11H,1-2H3,(H,21,22)(H,23,26)(H,24,27). The van der Waals surface area contributed by atoms with Crippen molar-refractivity contribution < 1.29 is 18.0 Å². The molecule has 0 unspecified atom stereocenters. The molecule has 2 aromatic carbocycles. The molecule has 0 saturated carbocycles. The summed E-state index contributed by atoms with van der Waals surface area (Å²) in [5, 5.41) is 6.70. The van der Waals surface area contributed by atoms with Crippen molar-refractivity contribution in [2.45, 2.75) is 4.90 Å². The highest BCUT2D eigenvalue weighted by molar-refractivity contribution is 7.89. The second-order valence-corrected chi connectivity index (χ2v) is 8.93. The molecular weight excluding hydrogens is 430 g/mol. The first-order valence-electron chi connectivity index (χ1n) is 8.63. The van der Waals surface area contributed by atoms with E-state index in [0.717, 1.165) is 15.9 Å². The number of carbonyl (C=O) groups is 2. The van der Waals surface area contributed by atoms with Crippen LogP contribution in [0, 0.1) is 0 Å². The summed E-state index contributed by atoms with van der Waals surface area (Å²) in [4.78, 5) is 24.6. The third kappa shape index (κ3) is 4.51. The third-order valence-electron chi connectivity index (χ3n) is 4.14. The third-order valence-corrected chi connectivity index (χ3v) is 6.28. The zero-order valence-electron chi connectivity index (χ0n) is 16.0. The highest BCUT2D eigenvalue weighted by Gasteiger charge is 2.21. The first-order chi connectivity index (χ1) is 14.2. The molecule has 1 aromatic heterocycles. The van der Waals surface area contributed by atoms with E-state index in [-0.39, 0.29) is 21.2 Å². The van der Waals surface area contributed by atoms with Crippen molar-refractivity contribution in [2.75, 3.05) is 14.1 Å². The minimum Gasteiger partial charge on any atom is -0.272 e. The Hall–Kier alpha value is -3.21. The van der Waals surface area contributed by atoms with Crippen LogP contribution in [0.15, 0.2) is 59.5 Å². The van der Waals surface area contributed by atoms with E-state index >= 15 is 0 Å². The lowest BCUT2D eigenvalue weighted by Gasteiger charge is -2.13. The van der Waals surface area contributed by atoms with Gasteiger partial charge in [-0.1, -0.05) is 41.9 Å². The predicted molar refractivity (Wildman–Crippen MR) is 111 cm³/mol. The monoisotopic (exact) mass is 447 g/mol. The van der Waals surface area contributed by atoms with Crippen LogP contribution >= 0.6 is 11.6 Å². The lowest BCUT2D eigenvalue weighted by molar-refractivity contribution is 0.0844. The molecule has 9 nitrogen and oxygen atoms in total. The second-order valence-electron chi connectivity index (χ2n) is 6.37. The Bertz CT molecular complexity index is 1190. The molecule has 0 radical (unpaired) electrons. The Labute approximate surface area is 178 Å². The molecule has 0 bridgehead atoms. The van der Waals surface area contributed by atoms with E-state index in [1.807, 2.05) is 30.3 Å². The average Bonchev–Trinajstić information content (AvgIpc) is 3.23. The van der Waals surface area contributed by atoms with Crippen molar-refractivity contribution in [1.29, 1.82) is 0 Å². The number of rotatable bonds is 5. The predicted octanol–water partition coefficient (Wildman–Crippen LogP) is 2.06. The molecule has 3 aromatic rings. The van der Waals surface area contributed by atoms with Crippen molar-refractivity contribution in [1.82, 2.24) is 25.4 Å². The van der Waals surface area contributed by atoms with Gasteiger partial charge < -0.3 is 0 Å². The molecule has 0 aliphatic carbocycles. The smallest absolute Gasteiger partial charge is 0.272 e. The molecule has 0 saturated heterocycles. The molecule has 0 spiro atoms. The van der Waals surface area contributed by atoms with E-state index in [4.69, 9.17) is 11.6 Å². The van der Waals surface area contributed by atoms with Gasteiger partial charge >= 0.3 is 0 Å². The summed E-state index contributed by atoms with van der Waals surface area (Å²) in [5.74, 6) is -1.40. The highest BCUT2D eigenvalue weighted by Crippen LogP contribution is 2.22. The summed E-state index contributed by atoms with van der Waals surface area (Å²) in [5.41, 5.74) is 5.87. The van der Waals surface area contributed by atoms with Gasteiger partial charge in [0.1, 0.15) is 5.69 Å². The Morgan fingerprint density at radius 1 is 1.00 bits per heavy atom. The van der Waals surface area contributed by atoms with Gasteiger partial charge in [0.15, 0.2) is 0 Å². The quantitative estimate of drug-likeness (QED) is 0.516. The van der Waals surface area contributed by atoms with Crippen LogP contribution in [-0.2, 0) is 10.0 Å². The molecule has 0 aliphatic heterocycles. The van der Waals surface area contributed by atoms with Crippen LogP contribution < -0.4 is 10.9 Å². The highest BCUT2D eigenvalue weighted by atomic mass is 35.5. The largest absolute Gasteiger partial charge is 0.287 e. The molecule has 30 heavy (non-hydrogen) atoms. The van der Waals surface area contributed by atoms with Gasteiger partial charge in [-0.3, -0.25) is 25.5 Å². The average molecular weight is 448 g/mol. The van der Waals surface area contributed by atoms with Crippen LogP contribution in [0.5, 0.6) is 0 Å². The number of benzene rings is 2. The normalized spacial score (nSPS) is 11.3. The van der Waals surface area contributed by atoms with Crippen molar-refractivity contribution >= 4 is 33.4 Å². The number of aromatic nitrogens is 2. The molecule has 0 atom stereocenters. The number of aromatic amines is 1. The van der Waals surface area contributed by atoms with Crippen LogP contribution in [-0.4, -0.2) is 48.8 Å². The minimum atomic E-state index is -3.75. The van der Waals surface area contributed by atoms with Crippen LogP contribution in [0.1, 0.15) is 20.8 Å². The molecule has 156 valence electrons. The SMILES string of the molecule is CN(C)S(=O)(=O)c1ccc(Cl)c(C(=O)NNC(=O)c2cc(-c3ccccc3)n[nH]2)c1. The van der Waals surface area contributed by atoms with Crippen molar-refractivity contribution in [3.8, 4) is 11.3 Å². The van der Waals surface area contributed by atoms with Gasteiger partial charge in [0, 0.05) is 19.7 Å². The summed E-state index contributed by atoms with van der Waals surface area (Å²) in [7, 11) is -1.01. The number of hydrogen-bond acceptors (Lipinski definition) is 5. The van der Waals surface area contributed by atoms with E-state index in [2.05, 4.69) is 21.0 Å². The maximum Gasteiger partial charge on any atom is 0.287 e. The van der Waals surface area contributed by atoms with Gasteiger partial charge in [-0.2, -0.15) is 5.10 Å². The molecule has 11 heteroatoms. The number of carbonyl (C=O) groups excluding carboxylic acids is 2. The fourth-order valence-corrected chi connectivity index (χ4v) is 3.62. The maximum atomic E-state index is 12.4. The van der Waals surface area contributed by atoms with Crippen LogP contribution in [0.25, 0.3) is 11.3 Å². The Kier molecular flexibility index (Phi) is 6.20. The molecule has 3 rings (SSSR count). The van der Waals surface area contributed by atoms with Gasteiger partial charge in [0.2, 0.25) is 10.0 Å². The van der Waals surface area contributed by atoms with E-state index < -0.39 is 21.8 Å². The molecule has 3 N–H and O–H groups in total. The van der Waals surface area contributed by atoms with E-state index in [9.17, 15) is 18.0 Å². The van der Waals surface area contributed by atoms with Crippen molar-refractivity contribution in [3.63, 3.8) is 0 Å².